The monoisotopic (exact) mass is 301 g/mol. The third-order valence-corrected chi connectivity index (χ3v) is 3.30. The topological polar surface area (TPSA) is 29.5 Å². The summed E-state index contributed by atoms with van der Waals surface area (Å²) in [4.78, 5) is 14.1. The number of hydrogen-bond acceptors (Lipinski definition) is 2. The molecule has 0 N–H and O–H groups in total. The van der Waals surface area contributed by atoms with Crippen molar-refractivity contribution in [1.29, 1.82) is 0 Å². The van der Waals surface area contributed by atoms with Gasteiger partial charge in [-0.05, 0) is 31.5 Å². The second-order valence-electron chi connectivity index (χ2n) is 5.35. The van der Waals surface area contributed by atoms with E-state index in [1.807, 2.05) is 44.2 Å². The molecule has 116 valence electrons. The molecule has 1 amide bonds. The molecule has 0 atom stereocenters. The molecule has 0 unspecified atom stereocenters. The first-order valence-corrected chi connectivity index (χ1v) is 7.28. The third-order valence-electron chi connectivity index (χ3n) is 3.30. The van der Waals surface area contributed by atoms with Crippen LogP contribution in [0.25, 0.3) is 0 Å². The van der Waals surface area contributed by atoms with E-state index in [1.54, 1.807) is 17.0 Å². The summed E-state index contributed by atoms with van der Waals surface area (Å²) in [6, 6.07) is 15.7. The summed E-state index contributed by atoms with van der Waals surface area (Å²) in [5.41, 5.74) is 1.07. The van der Waals surface area contributed by atoms with Crippen LogP contribution >= 0.6 is 0 Å². The molecule has 0 aliphatic heterocycles. The zero-order valence-electron chi connectivity index (χ0n) is 12.8. The van der Waals surface area contributed by atoms with Gasteiger partial charge in [0.05, 0.1) is 0 Å². The molecule has 22 heavy (non-hydrogen) atoms. The lowest BCUT2D eigenvalue weighted by atomic mass is 10.2. The Kier molecular flexibility index (Phi) is 5.53. The third kappa shape index (κ3) is 4.58. The predicted molar refractivity (Wildman–Crippen MR) is 84.0 cm³/mol. The smallest absolute Gasteiger partial charge is 0.261 e. The molecule has 2 rings (SSSR count). The van der Waals surface area contributed by atoms with Crippen molar-refractivity contribution in [3.63, 3.8) is 0 Å². The Bertz CT molecular complexity index is 613. The highest BCUT2D eigenvalue weighted by molar-refractivity contribution is 5.78. The van der Waals surface area contributed by atoms with Crippen molar-refractivity contribution in [2.24, 2.45) is 0 Å². The summed E-state index contributed by atoms with van der Waals surface area (Å²) < 4.78 is 18.5. The van der Waals surface area contributed by atoms with E-state index in [-0.39, 0.29) is 24.4 Å². The van der Waals surface area contributed by atoms with E-state index in [0.717, 1.165) is 5.56 Å². The van der Waals surface area contributed by atoms with Crippen LogP contribution in [-0.2, 0) is 11.3 Å². The zero-order chi connectivity index (χ0) is 15.9. The van der Waals surface area contributed by atoms with Gasteiger partial charge in [0.25, 0.3) is 5.91 Å². The Morgan fingerprint density at radius 1 is 1.14 bits per heavy atom. The van der Waals surface area contributed by atoms with Crippen molar-refractivity contribution < 1.29 is 13.9 Å². The number of amides is 1. The van der Waals surface area contributed by atoms with Crippen LogP contribution in [0.3, 0.4) is 0 Å². The highest BCUT2D eigenvalue weighted by atomic mass is 19.1. The summed E-state index contributed by atoms with van der Waals surface area (Å²) >= 11 is 0. The fourth-order valence-corrected chi connectivity index (χ4v) is 2.12. The Morgan fingerprint density at radius 2 is 1.86 bits per heavy atom. The van der Waals surface area contributed by atoms with E-state index in [2.05, 4.69) is 0 Å². The zero-order valence-corrected chi connectivity index (χ0v) is 12.8. The molecule has 2 aromatic rings. The molecule has 0 spiro atoms. The quantitative estimate of drug-likeness (QED) is 0.815. The van der Waals surface area contributed by atoms with Gasteiger partial charge in [0.2, 0.25) is 0 Å². The largest absolute Gasteiger partial charge is 0.484 e. The molecular weight excluding hydrogens is 281 g/mol. The van der Waals surface area contributed by atoms with Gasteiger partial charge in [-0.25, -0.2) is 4.39 Å². The Labute approximate surface area is 130 Å². The molecule has 3 nitrogen and oxygen atoms in total. The summed E-state index contributed by atoms with van der Waals surface area (Å²) in [5, 5.41) is 0. The Morgan fingerprint density at radius 3 is 2.50 bits per heavy atom. The molecule has 0 aromatic heterocycles. The molecular formula is C18H20FNO2. The Hall–Kier alpha value is -2.36. The fraction of sp³-hybridized carbons (Fsp3) is 0.278. The molecule has 0 aliphatic rings. The van der Waals surface area contributed by atoms with Gasteiger partial charge < -0.3 is 9.64 Å². The number of ether oxygens (including phenoxy) is 1. The maximum absolute atomic E-state index is 13.1. The molecule has 0 saturated carbocycles. The first-order chi connectivity index (χ1) is 10.6. The average Bonchev–Trinajstić information content (AvgIpc) is 2.51. The van der Waals surface area contributed by atoms with Crippen LogP contribution in [0.2, 0.25) is 0 Å². The minimum absolute atomic E-state index is 0.0591. The minimum Gasteiger partial charge on any atom is -0.484 e. The van der Waals surface area contributed by atoms with Crippen molar-refractivity contribution in [3.8, 4) is 5.75 Å². The van der Waals surface area contributed by atoms with Crippen LogP contribution in [-0.4, -0.2) is 23.5 Å². The molecule has 0 aliphatic carbocycles. The molecule has 0 radical (unpaired) electrons. The number of carbonyl (C=O) groups excluding carboxylic acids is 1. The number of hydrogen-bond donors (Lipinski definition) is 0. The maximum atomic E-state index is 13.1. The van der Waals surface area contributed by atoms with Gasteiger partial charge in [-0.15, -0.1) is 0 Å². The van der Waals surface area contributed by atoms with Gasteiger partial charge >= 0.3 is 0 Å². The van der Waals surface area contributed by atoms with Crippen molar-refractivity contribution in [3.05, 3.63) is 66.0 Å². The van der Waals surface area contributed by atoms with Crippen LogP contribution in [0.15, 0.2) is 54.6 Å². The number of halogens is 1. The average molecular weight is 301 g/mol. The van der Waals surface area contributed by atoms with Crippen LogP contribution in [0.4, 0.5) is 4.39 Å². The number of carbonyl (C=O) groups is 1. The maximum Gasteiger partial charge on any atom is 0.261 e. The van der Waals surface area contributed by atoms with Gasteiger partial charge in [-0.3, -0.25) is 4.79 Å². The van der Waals surface area contributed by atoms with Gasteiger partial charge in [0.1, 0.15) is 11.6 Å². The molecule has 0 saturated heterocycles. The van der Waals surface area contributed by atoms with Crippen LogP contribution in [0.5, 0.6) is 5.75 Å². The van der Waals surface area contributed by atoms with Gasteiger partial charge in [-0.2, -0.15) is 0 Å². The molecule has 4 heteroatoms. The number of benzene rings is 2. The van der Waals surface area contributed by atoms with Crippen molar-refractivity contribution >= 4 is 5.91 Å². The molecule has 0 fully saturated rings. The minimum atomic E-state index is -0.380. The highest BCUT2D eigenvalue weighted by Gasteiger charge is 2.17. The van der Waals surface area contributed by atoms with Crippen LogP contribution in [0.1, 0.15) is 19.4 Å². The summed E-state index contributed by atoms with van der Waals surface area (Å²) in [5.74, 6) is -0.144. The predicted octanol–water partition coefficient (Wildman–Crippen LogP) is 3.64. The van der Waals surface area contributed by atoms with Crippen molar-refractivity contribution in [2.75, 3.05) is 6.61 Å². The van der Waals surface area contributed by atoms with Gasteiger partial charge in [-0.1, -0.05) is 36.4 Å². The molecule has 0 heterocycles. The van der Waals surface area contributed by atoms with Crippen LogP contribution in [0, 0.1) is 5.82 Å². The lowest BCUT2D eigenvalue weighted by molar-refractivity contribution is -0.135. The summed E-state index contributed by atoms with van der Waals surface area (Å²) in [6.45, 7) is 4.35. The van der Waals surface area contributed by atoms with E-state index < -0.39 is 0 Å². The van der Waals surface area contributed by atoms with Gasteiger partial charge in [0.15, 0.2) is 6.61 Å². The van der Waals surface area contributed by atoms with E-state index in [4.69, 9.17) is 4.74 Å². The van der Waals surface area contributed by atoms with E-state index in [0.29, 0.717) is 12.3 Å². The first kappa shape index (κ1) is 16.0. The van der Waals surface area contributed by atoms with Crippen molar-refractivity contribution in [1.82, 2.24) is 4.90 Å². The number of rotatable bonds is 6. The number of nitrogens with zero attached hydrogens (tertiary/aromatic N) is 1. The van der Waals surface area contributed by atoms with E-state index in [9.17, 15) is 9.18 Å². The van der Waals surface area contributed by atoms with E-state index in [1.165, 1.54) is 12.1 Å². The highest BCUT2D eigenvalue weighted by Crippen LogP contribution is 2.13. The Balaban J connectivity index is 1.98. The lowest BCUT2D eigenvalue weighted by Gasteiger charge is -2.27. The summed E-state index contributed by atoms with van der Waals surface area (Å²) in [6.07, 6.45) is 0. The fourth-order valence-electron chi connectivity index (χ4n) is 2.12. The van der Waals surface area contributed by atoms with Crippen LogP contribution < -0.4 is 4.74 Å². The lowest BCUT2D eigenvalue weighted by Crippen LogP contribution is -2.39. The van der Waals surface area contributed by atoms with Crippen molar-refractivity contribution in [2.45, 2.75) is 26.4 Å². The molecule has 2 aromatic carbocycles. The first-order valence-electron chi connectivity index (χ1n) is 7.28. The van der Waals surface area contributed by atoms with Gasteiger partial charge in [0, 0.05) is 18.7 Å². The molecule has 0 bridgehead atoms. The standard InChI is InChI=1S/C18H20FNO2/c1-14(2)20(12-15-7-4-3-5-8-15)18(21)13-22-17-10-6-9-16(19)11-17/h3-11,14H,12-13H2,1-2H3. The summed E-state index contributed by atoms with van der Waals surface area (Å²) in [7, 11) is 0. The second-order valence-corrected chi connectivity index (χ2v) is 5.35. The van der Waals surface area contributed by atoms with E-state index >= 15 is 0 Å². The normalized spacial score (nSPS) is 10.5. The SMILES string of the molecule is CC(C)N(Cc1ccccc1)C(=O)COc1cccc(F)c1. The second kappa shape index (κ2) is 7.59.